The second-order valence-corrected chi connectivity index (χ2v) is 13.4. The van der Waals surface area contributed by atoms with Crippen LogP contribution in [0.25, 0.3) is 64.4 Å². The molecule has 0 bridgehead atoms. The number of fused-ring (bicyclic) bond motifs is 10. The molecule has 0 saturated carbocycles. The summed E-state index contributed by atoms with van der Waals surface area (Å²) in [4.78, 5) is 0. The summed E-state index contributed by atoms with van der Waals surface area (Å²) in [5.74, 6) is -0.157. The number of para-hydroxylation sites is 2. The Hall–Kier alpha value is -4.91. The molecule has 0 N–H and O–H groups in total. The van der Waals surface area contributed by atoms with Gasteiger partial charge in [-0.1, -0.05) is 98.8 Å². The predicted molar refractivity (Wildman–Crippen MR) is 182 cm³/mol. The highest BCUT2D eigenvalue weighted by atomic mass is 32.1. The molecule has 43 heavy (non-hydrogen) atoms. The van der Waals surface area contributed by atoms with Crippen molar-refractivity contribution in [3.8, 4) is 17.2 Å². The number of hydrogen-bond donors (Lipinski definition) is 0. The van der Waals surface area contributed by atoms with Crippen molar-refractivity contribution in [1.29, 1.82) is 5.26 Å². The van der Waals surface area contributed by atoms with Gasteiger partial charge in [0, 0.05) is 41.9 Å². The number of nitrogens with zero attached hydrogens (tertiary/aromatic N) is 2. The van der Waals surface area contributed by atoms with Gasteiger partial charge in [-0.15, -0.1) is 11.3 Å². The zero-order valence-electron chi connectivity index (χ0n) is 24.1. The average molecular weight is 569 g/mol. The number of benzene rings is 5. The minimum Gasteiger partial charge on any atom is -0.309 e. The monoisotopic (exact) mass is 568 g/mol. The quantitative estimate of drug-likeness (QED) is 0.204. The highest BCUT2D eigenvalue weighted by molar-refractivity contribution is 7.26. The van der Waals surface area contributed by atoms with E-state index in [1.165, 1.54) is 75.4 Å². The summed E-state index contributed by atoms with van der Waals surface area (Å²) in [6, 6.07) is 40.2. The molecule has 7 aromatic rings. The molecule has 0 amide bonds. The fourth-order valence-electron chi connectivity index (χ4n) is 7.68. The molecule has 2 aliphatic carbocycles. The van der Waals surface area contributed by atoms with Gasteiger partial charge >= 0.3 is 0 Å². The molecule has 0 radical (unpaired) electrons. The Kier molecular flexibility index (Phi) is 5.05. The summed E-state index contributed by atoms with van der Waals surface area (Å²) in [5.41, 5.74) is 11.4. The summed E-state index contributed by atoms with van der Waals surface area (Å²) in [6.45, 7) is 4.74. The first-order valence-electron chi connectivity index (χ1n) is 14.9. The molecule has 3 heteroatoms. The predicted octanol–water partition coefficient (Wildman–Crippen LogP) is 10.9. The molecule has 1 atom stereocenters. The van der Waals surface area contributed by atoms with Crippen LogP contribution >= 0.6 is 11.3 Å². The first-order chi connectivity index (χ1) is 21.0. The van der Waals surface area contributed by atoms with Crippen LogP contribution in [0.4, 0.5) is 0 Å². The SMILES string of the molecule is CC1(C)c2ccccc2-c2ccc3c(sc4ccc(C5=CCC(C#N)C=C5n5c6ccccc6c6ccccc65)cc43)c21. The zero-order valence-corrected chi connectivity index (χ0v) is 24.9. The topological polar surface area (TPSA) is 28.7 Å². The molecule has 2 aliphatic rings. The van der Waals surface area contributed by atoms with Gasteiger partial charge in [0.15, 0.2) is 0 Å². The highest BCUT2D eigenvalue weighted by Gasteiger charge is 2.37. The minimum absolute atomic E-state index is 0.0419. The van der Waals surface area contributed by atoms with Crippen molar-refractivity contribution in [2.75, 3.05) is 0 Å². The van der Waals surface area contributed by atoms with Gasteiger partial charge in [-0.05, 0) is 64.6 Å². The van der Waals surface area contributed by atoms with Crippen LogP contribution in [0.2, 0.25) is 0 Å². The number of thiophene rings is 1. The summed E-state index contributed by atoms with van der Waals surface area (Å²) >= 11 is 1.92. The van der Waals surface area contributed by atoms with Crippen LogP contribution in [-0.2, 0) is 5.41 Å². The van der Waals surface area contributed by atoms with Gasteiger partial charge in [-0.2, -0.15) is 5.26 Å². The maximum Gasteiger partial charge on any atom is 0.0701 e. The third-order valence-electron chi connectivity index (χ3n) is 9.66. The van der Waals surface area contributed by atoms with Crippen LogP contribution in [0.1, 0.15) is 37.0 Å². The molecule has 2 nitrogen and oxygen atoms in total. The Labute approximate surface area is 254 Å². The maximum atomic E-state index is 9.97. The number of allylic oxidation sites excluding steroid dienone is 4. The summed E-state index contributed by atoms with van der Waals surface area (Å²) < 4.78 is 5.07. The molecule has 1 unspecified atom stereocenters. The standard InChI is InChI=1S/C40H28N2S/c1-40(2)33-12-6-3-9-27(33)30-18-19-31-32-22-25(16-20-37(32)43-39(31)38(30)40)26-17-15-24(23-41)21-36(26)42-34-13-7-4-10-28(34)29-11-5-8-14-35(29)42/h3-14,16-22,24H,15H2,1-2H3. The summed E-state index contributed by atoms with van der Waals surface area (Å²) in [6.07, 6.45) is 5.17. The third-order valence-corrected chi connectivity index (χ3v) is 10.9. The lowest BCUT2D eigenvalue weighted by molar-refractivity contribution is 0.667. The molecule has 0 fully saturated rings. The van der Waals surface area contributed by atoms with Crippen molar-refractivity contribution < 1.29 is 0 Å². The molecule has 0 spiro atoms. The van der Waals surface area contributed by atoms with Gasteiger partial charge in [-0.3, -0.25) is 0 Å². The molecular weight excluding hydrogens is 541 g/mol. The van der Waals surface area contributed by atoms with E-state index in [0.717, 1.165) is 12.1 Å². The van der Waals surface area contributed by atoms with Gasteiger partial charge in [0.2, 0.25) is 0 Å². The van der Waals surface area contributed by atoms with E-state index < -0.39 is 0 Å². The minimum atomic E-state index is -0.157. The fourth-order valence-corrected chi connectivity index (χ4v) is 9.07. The van der Waals surface area contributed by atoms with Crippen molar-refractivity contribution in [3.63, 3.8) is 0 Å². The number of rotatable bonds is 2. The van der Waals surface area contributed by atoms with E-state index >= 15 is 0 Å². The van der Waals surface area contributed by atoms with Gasteiger partial charge in [0.1, 0.15) is 0 Å². The van der Waals surface area contributed by atoms with E-state index in [0.29, 0.717) is 0 Å². The Morgan fingerprint density at radius 2 is 1.49 bits per heavy atom. The van der Waals surface area contributed by atoms with E-state index in [2.05, 4.69) is 140 Å². The van der Waals surface area contributed by atoms with Gasteiger partial charge in [0.25, 0.3) is 0 Å². The second kappa shape index (κ2) is 8.80. The van der Waals surface area contributed by atoms with Crippen molar-refractivity contribution in [2.24, 2.45) is 5.92 Å². The molecule has 0 aliphatic heterocycles. The Morgan fingerprint density at radius 3 is 2.26 bits per heavy atom. The molecule has 204 valence electrons. The largest absolute Gasteiger partial charge is 0.309 e. The van der Waals surface area contributed by atoms with E-state index in [1.807, 2.05) is 11.3 Å². The molecule has 2 heterocycles. The molecule has 5 aromatic carbocycles. The number of nitriles is 1. The van der Waals surface area contributed by atoms with Crippen LogP contribution in [0.15, 0.2) is 115 Å². The van der Waals surface area contributed by atoms with E-state index in [-0.39, 0.29) is 11.3 Å². The molecule has 9 rings (SSSR count). The maximum absolute atomic E-state index is 9.97. The van der Waals surface area contributed by atoms with Gasteiger partial charge in [0.05, 0.1) is 28.7 Å². The fraction of sp³-hybridized carbons (Fsp3) is 0.125. The first-order valence-corrected chi connectivity index (χ1v) is 15.8. The number of hydrogen-bond acceptors (Lipinski definition) is 2. The second-order valence-electron chi connectivity index (χ2n) is 12.4. The van der Waals surface area contributed by atoms with Crippen LogP contribution in [-0.4, -0.2) is 4.57 Å². The van der Waals surface area contributed by atoms with Crippen LogP contribution in [0, 0.1) is 17.2 Å². The molecule has 2 aromatic heterocycles. The third kappa shape index (κ3) is 3.33. The van der Waals surface area contributed by atoms with E-state index in [4.69, 9.17) is 0 Å². The highest BCUT2D eigenvalue weighted by Crippen LogP contribution is 2.54. The molecule has 0 saturated heterocycles. The Morgan fingerprint density at radius 1 is 0.767 bits per heavy atom. The summed E-state index contributed by atoms with van der Waals surface area (Å²) in [7, 11) is 0. The van der Waals surface area contributed by atoms with Crippen LogP contribution in [0.3, 0.4) is 0 Å². The normalized spacial score (nSPS) is 17.2. The first kappa shape index (κ1) is 24.7. The van der Waals surface area contributed by atoms with Crippen molar-refractivity contribution >= 4 is 64.6 Å². The zero-order chi connectivity index (χ0) is 28.9. The lowest BCUT2D eigenvalue weighted by Crippen LogP contribution is -2.14. The van der Waals surface area contributed by atoms with E-state index in [1.54, 1.807) is 0 Å². The summed E-state index contributed by atoms with van der Waals surface area (Å²) in [5, 5.41) is 15.1. The number of aromatic nitrogens is 1. The molecular formula is C40H28N2S. The Bertz CT molecular complexity index is 2370. The van der Waals surface area contributed by atoms with Crippen LogP contribution < -0.4 is 0 Å². The lowest BCUT2D eigenvalue weighted by Gasteiger charge is -2.22. The smallest absolute Gasteiger partial charge is 0.0701 e. The lowest BCUT2D eigenvalue weighted by atomic mass is 9.82. The Balaban J connectivity index is 1.26. The van der Waals surface area contributed by atoms with Crippen molar-refractivity contribution in [1.82, 2.24) is 4.57 Å². The average Bonchev–Trinajstić information content (AvgIpc) is 3.66. The van der Waals surface area contributed by atoms with Crippen molar-refractivity contribution in [3.05, 3.63) is 132 Å². The van der Waals surface area contributed by atoms with Gasteiger partial charge < -0.3 is 4.57 Å². The van der Waals surface area contributed by atoms with Crippen molar-refractivity contribution in [2.45, 2.75) is 25.7 Å². The van der Waals surface area contributed by atoms with Crippen LogP contribution in [0.5, 0.6) is 0 Å². The van der Waals surface area contributed by atoms with E-state index in [9.17, 15) is 5.26 Å². The van der Waals surface area contributed by atoms with Gasteiger partial charge in [-0.25, -0.2) is 0 Å².